The molecule has 0 spiro atoms. The first-order chi connectivity index (χ1) is 20.8. The monoisotopic (exact) mass is 532 g/mol. The van der Waals surface area contributed by atoms with Gasteiger partial charge in [0, 0.05) is 0 Å². The molecule has 0 radical (unpaired) electrons. The summed E-state index contributed by atoms with van der Waals surface area (Å²) in [6.45, 7) is 0. The van der Waals surface area contributed by atoms with Crippen molar-refractivity contribution in [1.82, 2.24) is 0 Å². The second kappa shape index (κ2) is 10.2. The second-order valence-electron chi connectivity index (χ2n) is 10.9. The Morgan fingerprint density at radius 3 is 1.26 bits per heavy atom. The van der Waals surface area contributed by atoms with Crippen molar-refractivity contribution < 1.29 is 0 Å². The predicted molar refractivity (Wildman–Crippen MR) is 181 cm³/mol. The van der Waals surface area contributed by atoms with Crippen LogP contribution >= 0.6 is 0 Å². The van der Waals surface area contributed by atoms with Gasteiger partial charge in [-0.05, 0) is 89.0 Å². The fourth-order valence-corrected chi connectivity index (χ4v) is 6.41. The van der Waals surface area contributed by atoms with Gasteiger partial charge in [-0.25, -0.2) is 0 Å². The molecule has 0 aliphatic rings. The maximum atomic E-state index is 2.39. The van der Waals surface area contributed by atoms with E-state index in [9.17, 15) is 0 Å². The lowest BCUT2D eigenvalue weighted by atomic mass is 9.85. The molecule has 0 saturated heterocycles. The highest BCUT2D eigenvalue weighted by Crippen LogP contribution is 2.44. The van der Waals surface area contributed by atoms with Gasteiger partial charge in [-0.1, -0.05) is 158 Å². The number of benzene rings is 8. The van der Waals surface area contributed by atoms with Gasteiger partial charge in [-0.3, -0.25) is 0 Å². The number of fused-ring (bicyclic) bond motifs is 3. The van der Waals surface area contributed by atoms with Crippen LogP contribution in [0.5, 0.6) is 0 Å². The molecule has 0 aromatic heterocycles. The lowest BCUT2D eigenvalue weighted by Gasteiger charge is -2.18. The average molecular weight is 533 g/mol. The normalized spacial score (nSPS) is 11.3. The third-order valence-corrected chi connectivity index (χ3v) is 8.45. The molecular weight excluding hydrogens is 504 g/mol. The zero-order valence-corrected chi connectivity index (χ0v) is 23.2. The molecule has 0 heterocycles. The molecule has 0 fully saturated rings. The van der Waals surface area contributed by atoms with E-state index in [0.717, 1.165) is 0 Å². The molecule has 0 N–H and O–H groups in total. The maximum Gasteiger partial charge on any atom is -0.00262 e. The minimum atomic E-state index is 1.22. The summed E-state index contributed by atoms with van der Waals surface area (Å²) in [7, 11) is 0. The smallest absolute Gasteiger partial charge is 0.00262 e. The molecule has 42 heavy (non-hydrogen) atoms. The predicted octanol–water partition coefficient (Wildman–Crippen LogP) is 11.8. The van der Waals surface area contributed by atoms with E-state index in [1.807, 2.05) is 0 Å². The van der Waals surface area contributed by atoms with Crippen LogP contribution in [0.4, 0.5) is 0 Å². The van der Waals surface area contributed by atoms with Crippen LogP contribution in [0.2, 0.25) is 0 Å². The molecule has 0 saturated carbocycles. The summed E-state index contributed by atoms with van der Waals surface area (Å²) in [6.07, 6.45) is 0. The molecule has 0 aliphatic carbocycles. The van der Waals surface area contributed by atoms with E-state index in [-0.39, 0.29) is 0 Å². The molecule has 8 aromatic rings. The molecule has 0 nitrogen and oxygen atoms in total. The highest BCUT2D eigenvalue weighted by Gasteiger charge is 2.17. The van der Waals surface area contributed by atoms with Crippen LogP contribution in [-0.4, -0.2) is 0 Å². The van der Waals surface area contributed by atoms with Gasteiger partial charge in [0.15, 0.2) is 0 Å². The van der Waals surface area contributed by atoms with Crippen LogP contribution in [-0.2, 0) is 0 Å². The van der Waals surface area contributed by atoms with Crippen LogP contribution in [0.15, 0.2) is 170 Å². The standard InChI is InChI=1S/C42H28/c1-3-12-32(13-4-1)41-37-17-9-10-18-38(37)42(33-14-5-2-6-15-33)40-28-36(25-26-39(40)41)31-21-19-30(20-22-31)35-24-23-29-11-7-8-16-34(29)27-35/h1-28H. The first-order valence-corrected chi connectivity index (χ1v) is 14.5. The van der Waals surface area contributed by atoms with Crippen LogP contribution < -0.4 is 0 Å². The quantitative estimate of drug-likeness (QED) is 0.198. The van der Waals surface area contributed by atoms with Crippen LogP contribution in [0, 0.1) is 0 Å². The van der Waals surface area contributed by atoms with Gasteiger partial charge in [0.25, 0.3) is 0 Å². The van der Waals surface area contributed by atoms with Crippen molar-refractivity contribution >= 4 is 32.3 Å². The van der Waals surface area contributed by atoms with Crippen molar-refractivity contribution in [3.63, 3.8) is 0 Å². The second-order valence-corrected chi connectivity index (χ2v) is 10.9. The molecule has 8 rings (SSSR count). The highest BCUT2D eigenvalue weighted by atomic mass is 14.2. The number of hydrogen-bond acceptors (Lipinski definition) is 0. The summed E-state index contributed by atoms with van der Waals surface area (Å²) < 4.78 is 0. The summed E-state index contributed by atoms with van der Waals surface area (Å²) in [5.41, 5.74) is 9.97. The van der Waals surface area contributed by atoms with Gasteiger partial charge in [-0.15, -0.1) is 0 Å². The lowest BCUT2D eigenvalue weighted by molar-refractivity contribution is 1.61. The molecule has 0 bridgehead atoms. The van der Waals surface area contributed by atoms with Gasteiger partial charge in [-0.2, -0.15) is 0 Å². The molecule has 0 atom stereocenters. The van der Waals surface area contributed by atoms with Crippen molar-refractivity contribution in [3.05, 3.63) is 170 Å². The Morgan fingerprint density at radius 2 is 0.643 bits per heavy atom. The van der Waals surface area contributed by atoms with Gasteiger partial charge in [0.05, 0.1) is 0 Å². The number of hydrogen-bond donors (Lipinski definition) is 0. The third-order valence-electron chi connectivity index (χ3n) is 8.45. The minimum absolute atomic E-state index is 1.22. The zero-order valence-electron chi connectivity index (χ0n) is 23.2. The van der Waals surface area contributed by atoms with Crippen LogP contribution in [0.3, 0.4) is 0 Å². The van der Waals surface area contributed by atoms with Crippen molar-refractivity contribution in [2.45, 2.75) is 0 Å². The Kier molecular flexibility index (Phi) is 5.90. The Morgan fingerprint density at radius 1 is 0.214 bits per heavy atom. The SMILES string of the molecule is c1ccc(-c2c3ccccc3c(-c3ccccc3)c3cc(-c4ccc(-c5ccc6ccccc6c5)cc4)ccc23)cc1. The Bertz CT molecular complexity index is 2210. The largest absolute Gasteiger partial charge is 0.0622 e. The van der Waals surface area contributed by atoms with Crippen LogP contribution in [0.25, 0.3) is 76.8 Å². The molecule has 8 aromatic carbocycles. The molecule has 0 amide bonds. The maximum absolute atomic E-state index is 2.39. The zero-order chi connectivity index (χ0) is 27.9. The van der Waals surface area contributed by atoms with Crippen LogP contribution in [0.1, 0.15) is 0 Å². The minimum Gasteiger partial charge on any atom is -0.0622 e. The topological polar surface area (TPSA) is 0 Å². The van der Waals surface area contributed by atoms with E-state index in [4.69, 9.17) is 0 Å². The molecule has 0 heteroatoms. The van der Waals surface area contributed by atoms with Crippen molar-refractivity contribution in [2.75, 3.05) is 0 Å². The van der Waals surface area contributed by atoms with Crippen molar-refractivity contribution in [3.8, 4) is 44.5 Å². The summed E-state index contributed by atoms with van der Waals surface area (Å²) in [5.74, 6) is 0. The van der Waals surface area contributed by atoms with E-state index < -0.39 is 0 Å². The Hall–Kier alpha value is -5.46. The van der Waals surface area contributed by atoms with E-state index >= 15 is 0 Å². The lowest BCUT2D eigenvalue weighted by Crippen LogP contribution is -1.91. The van der Waals surface area contributed by atoms with E-state index in [0.29, 0.717) is 0 Å². The van der Waals surface area contributed by atoms with E-state index in [2.05, 4.69) is 170 Å². The Balaban J connectivity index is 1.33. The van der Waals surface area contributed by atoms with Gasteiger partial charge < -0.3 is 0 Å². The van der Waals surface area contributed by atoms with Crippen molar-refractivity contribution in [1.29, 1.82) is 0 Å². The Labute approximate surface area is 246 Å². The molecular formula is C42H28. The van der Waals surface area contributed by atoms with Gasteiger partial charge in [0.1, 0.15) is 0 Å². The average Bonchev–Trinajstić information content (AvgIpc) is 3.07. The fourth-order valence-electron chi connectivity index (χ4n) is 6.41. The highest BCUT2D eigenvalue weighted by molar-refractivity contribution is 6.21. The van der Waals surface area contributed by atoms with E-state index in [1.165, 1.54) is 76.8 Å². The summed E-state index contributed by atoms with van der Waals surface area (Å²) in [5, 5.41) is 7.64. The van der Waals surface area contributed by atoms with Gasteiger partial charge >= 0.3 is 0 Å². The summed E-state index contributed by atoms with van der Waals surface area (Å²) >= 11 is 0. The van der Waals surface area contributed by atoms with Gasteiger partial charge in [0.2, 0.25) is 0 Å². The summed E-state index contributed by atoms with van der Waals surface area (Å²) in [4.78, 5) is 0. The van der Waals surface area contributed by atoms with Crippen molar-refractivity contribution in [2.24, 2.45) is 0 Å². The summed E-state index contributed by atoms with van der Waals surface area (Å²) in [6, 6.07) is 61.7. The fraction of sp³-hybridized carbons (Fsp3) is 0. The first-order valence-electron chi connectivity index (χ1n) is 14.5. The molecule has 196 valence electrons. The third kappa shape index (κ3) is 4.17. The molecule has 0 aliphatic heterocycles. The van der Waals surface area contributed by atoms with E-state index in [1.54, 1.807) is 0 Å². The molecule has 0 unspecified atom stereocenters. The first kappa shape index (κ1) is 24.3. The number of rotatable bonds is 4.